The first-order valence-corrected chi connectivity index (χ1v) is 5.86. The summed E-state index contributed by atoms with van der Waals surface area (Å²) in [4.78, 5) is 18.9. The number of nitrogens with zero attached hydrogens (tertiary/aromatic N) is 2. The lowest BCUT2D eigenvalue weighted by Crippen LogP contribution is -2.08. The van der Waals surface area contributed by atoms with Crippen molar-refractivity contribution in [3.63, 3.8) is 0 Å². The number of hydrogen-bond donors (Lipinski definition) is 1. The molecule has 6 heteroatoms. The van der Waals surface area contributed by atoms with Gasteiger partial charge >= 0.3 is 5.97 Å². The molecule has 1 aromatic carbocycles. The van der Waals surface area contributed by atoms with E-state index in [4.69, 9.17) is 16.7 Å². The summed E-state index contributed by atoms with van der Waals surface area (Å²) in [7, 11) is 0. The fourth-order valence-electron chi connectivity index (χ4n) is 1.68. The van der Waals surface area contributed by atoms with Gasteiger partial charge < -0.3 is 5.11 Å². The number of halogens is 2. The summed E-state index contributed by atoms with van der Waals surface area (Å²) in [6.45, 7) is 1.65. The Bertz CT molecular complexity index is 626. The molecule has 1 aromatic heterocycles. The molecule has 1 heterocycles. The molecule has 4 nitrogen and oxygen atoms in total. The van der Waals surface area contributed by atoms with Crippen LogP contribution in [0.2, 0.25) is 5.02 Å². The molecule has 0 atom stereocenters. The molecule has 0 unspecified atom stereocenters. The summed E-state index contributed by atoms with van der Waals surface area (Å²) >= 11 is 5.91. The van der Waals surface area contributed by atoms with Gasteiger partial charge in [-0.25, -0.2) is 19.2 Å². The highest BCUT2D eigenvalue weighted by atomic mass is 35.5. The van der Waals surface area contributed by atoms with Crippen LogP contribution < -0.4 is 0 Å². The van der Waals surface area contributed by atoms with Gasteiger partial charge in [-0.1, -0.05) is 17.7 Å². The van der Waals surface area contributed by atoms with Crippen LogP contribution in [0.15, 0.2) is 24.3 Å². The fourth-order valence-corrected chi connectivity index (χ4v) is 1.91. The number of aryl methyl sites for hydroxylation is 1. The first kappa shape index (κ1) is 13.4. The van der Waals surface area contributed by atoms with Crippen LogP contribution in [-0.2, 0) is 6.42 Å². The number of hydrogen-bond acceptors (Lipinski definition) is 3. The van der Waals surface area contributed by atoms with Crippen LogP contribution in [-0.4, -0.2) is 21.0 Å². The van der Waals surface area contributed by atoms with E-state index in [1.54, 1.807) is 13.0 Å². The van der Waals surface area contributed by atoms with E-state index in [0.717, 1.165) is 0 Å². The van der Waals surface area contributed by atoms with Crippen molar-refractivity contribution in [2.75, 3.05) is 0 Å². The Morgan fingerprint density at radius 3 is 2.79 bits per heavy atom. The summed E-state index contributed by atoms with van der Waals surface area (Å²) < 4.78 is 13.6. The number of carboxylic acids is 1. The molecule has 0 saturated heterocycles. The first-order chi connectivity index (χ1) is 8.97. The predicted molar refractivity (Wildman–Crippen MR) is 67.9 cm³/mol. The lowest BCUT2D eigenvalue weighted by atomic mass is 10.1. The van der Waals surface area contributed by atoms with Crippen LogP contribution in [0, 0.1) is 12.7 Å². The molecule has 0 saturated carbocycles. The van der Waals surface area contributed by atoms with Crippen molar-refractivity contribution in [2.24, 2.45) is 0 Å². The molecule has 2 rings (SSSR count). The highest BCUT2D eigenvalue weighted by Gasteiger charge is 2.13. The molecule has 98 valence electrons. The van der Waals surface area contributed by atoms with Crippen LogP contribution >= 0.6 is 11.6 Å². The minimum absolute atomic E-state index is 0.0491. The minimum atomic E-state index is -1.15. The monoisotopic (exact) mass is 280 g/mol. The number of carbonyl (C=O) groups is 1. The van der Waals surface area contributed by atoms with E-state index in [1.165, 1.54) is 18.2 Å². The molecule has 0 amide bonds. The Labute approximate surface area is 113 Å². The molecular formula is C13H10ClFN2O2. The van der Waals surface area contributed by atoms with Gasteiger partial charge in [0.05, 0.1) is 0 Å². The molecule has 0 fully saturated rings. The van der Waals surface area contributed by atoms with Crippen LogP contribution in [0.25, 0.3) is 0 Å². The van der Waals surface area contributed by atoms with Crippen molar-refractivity contribution in [3.05, 3.63) is 57.9 Å². The second kappa shape index (κ2) is 5.32. The first-order valence-electron chi connectivity index (χ1n) is 5.48. The van der Waals surface area contributed by atoms with Gasteiger partial charge in [-0.2, -0.15) is 0 Å². The summed E-state index contributed by atoms with van der Waals surface area (Å²) in [5.41, 5.74) is 0.649. The van der Waals surface area contributed by atoms with Crippen molar-refractivity contribution < 1.29 is 14.3 Å². The maximum Gasteiger partial charge on any atom is 0.354 e. The van der Waals surface area contributed by atoms with Crippen LogP contribution in [0.3, 0.4) is 0 Å². The third-order valence-electron chi connectivity index (χ3n) is 2.52. The van der Waals surface area contributed by atoms with E-state index in [-0.39, 0.29) is 28.5 Å². The molecule has 0 bridgehead atoms. The molecular weight excluding hydrogens is 271 g/mol. The van der Waals surface area contributed by atoms with Gasteiger partial charge in [0, 0.05) is 22.7 Å². The quantitative estimate of drug-likeness (QED) is 0.939. The molecule has 0 spiro atoms. The number of rotatable bonds is 3. The lowest BCUT2D eigenvalue weighted by molar-refractivity contribution is 0.0689. The SMILES string of the molecule is Cc1cc(C(=O)O)nc(Cc2c(F)cccc2Cl)n1. The van der Waals surface area contributed by atoms with Gasteiger partial charge in [-0.15, -0.1) is 0 Å². The zero-order valence-electron chi connectivity index (χ0n) is 10.0. The van der Waals surface area contributed by atoms with Gasteiger partial charge in [0.1, 0.15) is 11.6 Å². The topological polar surface area (TPSA) is 63.1 Å². The molecule has 0 aliphatic carbocycles. The van der Waals surface area contributed by atoms with Crippen molar-refractivity contribution in [1.29, 1.82) is 0 Å². The Balaban J connectivity index is 2.41. The van der Waals surface area contributed by atoms with Crippen molar-refractivity contribution in [3.8, 4) is 0 Å². The third-order valence-corrected chi connectivity index (χ3v) is 2.87. The summed E-state index contributed by atoms with van der Waals surface area (Å²) in [5.74, 6) is -1.38. The standard InChI is InChI=1S/C13H10ClFN2O2/c1-7-5-11(13(18)19)17-12(16-7)6-8-9(14)3-2-4-10(8)15/h2-5H,6H2,1H3,(H,18,19). The van der Waals surface area contributed by atoms with Crippen molar-refractivity contribution in [1.82, 2.24) is 9.97 Å². The second-order valence-electron chi connectivity index (χ2n) is 3.99. The largest absolute Gasteiger partial charge is 0.477 e. The molecule has 0 radical (unpaired) electrons. The number of aromatic carboxylic acids is 1. The van der Waals surface area contributed by atoms with Gasteiger partial charge in [0.2, 0.25) is 0 Å². The van der Waals surface area contributed by atoms with E-state index in [1.807, 2.05) is 0 Å². The number of aromatic nitrogens is 2. The lowest BCUT2D eigenvalue weighted by Gasteiger charge is -2.06. The van der Waals surface area contributed by atoms with Crippen molar-refractivity contribution in [2.45, 2.75) is 13.3 Å². The van der Waals surface area contributed by atoms with E-state index < -0.39 is 11.8 Å². The highest BCUT2D eigenvalue weighted by molar-refractivity contribution is 6.31. The molecule has 2 aromatic rings. The zero-order valence-corrected chi connectivity index (χ0v) is 10.8. The predicted octanol–water partition coefficient (Wildman–Crippen LogP) is 2.87. The van der Waals surface area contributed by atoms with E-state index in [2.05, 4.69) is 9.97 Å². The smallest absolute Gasteiger partial charge is 0.354 e. The summed E-state index contributed by atoms with van der Waals surface area (Å²) in [6, 6.07) is 5.71. The van der Waals surface area contributed by atoms with Gasteiger partial charge in [0.25, 0.3) is 0 Å². The Morgan fingerprint density at radius 2 is 2.16 bits per heavy atom. The third kappa shape index (κ3) is 3.06. The van der Waals surface area contributed by atoms with Gasteiger partial charge in [-0.05, 0) is 25.1 Å². The van der Waals surface area contributed by atoms with Crippen molar-refractivity contribution >= 4 is 17.6 Å². The van der Waals surface area contributed by atoms with Crippen LogP contribution in [0.1, 0.15) is 27.6 Å². The Hall–Kier alpha value is -2.01. The highest BCUT2D eigenvalue weighted by Crippen LogP contribution is 2.21. The van der Waals surface area contributed by atoms with E-state index >= 15 is 0 Å². The molecule has 1 N–H and O–H groups in total. The van der Waals surface area contributed by atoms with E-state index in [0.29, 0.717) is 5.69 Å². The maximum atomic E-state index is 13.6. The molecule has 0 aliphatic heterocycles. The number of carboxylic acid groups (broad SMARTS) is 1. The molecule has 0 aliphatic rings. The van der Waals surface area contributed by atoms with Crippen LogP contribution in [0.5, 0.6) is 0 Å². The number of benzene rings is 1. The van der Waals surface area contributed by atoms with Crippen LogP contribution in [0.4, 0.5) is 4.39 Å². The average Bonchev–Trinajstić information content (AvgIpc) is 2.33. The zero-order chi connectivity index (χ0) is 14.0. The Morgan fingerprint density at radius 1 is 1.42 bits per heavy atom. The maximum absolute atomic E-state index is 13.6. The molecule has 19 heavy (non-hydrogen) atoms. The average molecular weight is 281 g/mol. The van der Waals surface area contributed by atoms with Gasteiger partial charge in [-0.3, -0.25) is 0 Å². The minimum Gasteiger partial charge on any atom is -0.477 e. The van der Waals surface area contributed by atoms with E-state index in [9.17, 15) is 9.18 Å². The van der Waals surface area contributed by atoms with Gasteiger partial charge in [0.15, 0.2) is 5.69 Å². The fraction of sp³-hybridized carbons (Fsp3) is 0.154. The summed E-state index contributed by atoms with van der Waals surface area (Å²) in [5, 5.41) is 9.18. The Kier molecular flexibility index (Phi) is 3.76. The normalized spacial score (nSPS) is 10.5. The summed E-state index contributed by atoms with van der Waals surface area (Å²) in [6.07, 6.45) is 0.0491. The second-order valence-corrected chi connectivity index (χ2v) is 4.40.